The van der Waals surface area contributed by atoms with E-state index in [-0.39, 0.29) is 26.7 Å². The lowest BCUT2D eigenvalue weighted by atomic mass is 10.0. The molecule has 4 aromatic rings. The number of sulfone groups is 1. The number of fused-ring (bicyclic) bond motifs is 4. The lowest BCUT2D eigenvalue weighted by Gasteiger charge is -2.33. The quantitative estimate of drug-likeness (QED) is 0.341. The van der Waals surface area contributed by atoms with Gasteiger partial charge in [0, 0.05) is 16.8 Å². The Morgan fingerprint density at radius 3 is 1.94 bits per heavy atom. The van der Waals surface area contributed by atoms with Crippen molar-refractivity contribution in [2.45, 2.75) is 9.79 Å². The highest BCUT2D eigenvalue weighted by Gasteiger charge is 2.35. The number of carbonyl (C=O) groups is 1. The molecule has 0 bridgehead atoms. The number of carbonyl (C=O) groups excluding carboxylic acids is 1. The average molecular weight is 425 g/mol. The number of nitrogens with zero attached hydrogens (tertiary/aromatic N) is 1. The minimum atomic E-state index is -3.77. The third-order valence-electron chi connectivity index (χ3n) is 5.61. The number of ketones is 1. The lowest BCUT2D eigenvalue weighted by Crippen LogP contribution is -2.21. The van der Waals surface area contributed by atoms with Crippen LogP contribution in [-0.4, -0.2) is 14.2 Å². The van der Waals surface area contributed by atoms with Crippen molar-refractivity contribution in [1.29, 1.82) is 0 Å². The van der Waals surface area contributed by atoms with E-state index >= 15 is 0 Å². The third kappa shape index (κ3) is 2.49. The van der Waals surface area contributed by atoms with Gasteiger partial charge in [-0.2, -0.15) is 0 Å². The summed E-state index contributed by atoms with van der Waals surface area (Å²) in [4.78, 5) is 15.3. The smallest absolute Gasteiger partial charge is 0.208 e. The minimum Gasteiger partial charge on any atom is -0.453 e. The molecule has 0 aromatic heterocycles. The topological polar surface area (TPSA) is 63.7 Å². The molecule has 2 aliphatic heterocycles. The van der Waals surface area contributed by atoms with Crippen molar-refractivity contribution in [1.82, 2.24) is 0 Å². The van der Waals surface area contributed by atoms with E-state index in [2.05, 4.69) is 0 Å². The summed E-state index contributed by atoms with van der Waals surface area (Å²) in [6.07, 6.45) is 0. The Kier molecular flexibility index (Phi) is 3.64. The summed E-state index contributed by atoms with van der Waals surface area (Å²) < 4.78 is 32.3. The van der Waals surface area contributed by atoms with Crippen LogP contribution in [-0.2, 0) is 9.84 Å². The standard InChI is InChI=1S/C25H15NO4S/c27-25-17-7-1-6-12-23(17)31(28,29)24-14-13-16(15-18(24)25)26-19-8-2-4-10-21(19)30-22-11-5-3-9-20(22)26/h1-15H. The van der Waals surface area contributed by atoms with E-state index in [1.54, 1.807) is 30.3 Å². The summed E-state index contributed by atoms with van der Waals surface area (Å²) in [7, 11) is -3.77. The van der Waals surface area contributed by atoms with E-state index in [9.17, 15) is 13.2 Å². The summed E-state index contributed by atoms with van der Waals surface area (Å²) in [5.41, 5.74) is 2.69. The zero-order valence-corrected chi connectivity index (χ0v) is 17.0. The molecular weight excluding hydrogens is 410 g/mol. The van der Waals surface area contributed by atoms with Crippen molar-refractivity contribution in [3.8, 4) is 11.5 Å². The zero-order valence-electron chi connectivity index (χ0n) is 16.1. The molecule has 150 valence electrons. The molecule has 6 heteroatoms. The number of benzene rings is 4. The highest BCUT2D eigenvalue weighted by molar-refractivity contribution is 7.91. The van der Waals surface area contributed by atoms with Crippen LogP contribution < -0.4 is 9.64 Å². The van der Waals surface area contributed by atoms with Gasteiger partial charge in [-0.1, -0.05) is 36.4 Å². The lowest BCUT2D eigenvalue weighted by molar-refractivity contribution is 0.103. The van der Waals surface area contributed by atoms with Crippen LogP contribution in [0.5, 0.6) is 11.5 Å². The first-order valence-electron chi connectivity index (χ1n) is 9.74. The van der Waals surface area contributed by atoms with Crippen molar-refractivity contribution >= 4 is 32.7 Å². The highest BCUT2D eigenvalue weighted by Crippen LogP contribution is 2.50. The zero-order chi connectivity index (χ0) is 21.2. The maximum absolute atomic E-state index is 13.2. The molecule has 4 aromatic carbocycles. The molecule has 0 saturated heterocycles. The molecule has 2 heterocycles. The van der Waals surface area contributed by atoms with E-state index in [1.165, 1.54) is 12.1 Å². The van der Waals surface area contributed by atoms with Crippen LogP contribution in [0.3, 0.4) is 0 Å². The molecule has 0 N–H and O–H groups in total. The van der Waals surface area contributed by atoms with E-state index < -0.39 is 9.84 Å². The van der Waals surface area contributed by atoms with Gasteiger partial charge in [0.1, 0.15) is 0 Å². The summed E-state index contributed by atoms with van der Waals surface area (Å²) in [5.74, 6) is 1.07. The fraction of sp³-hybridized carbons (Fsp3) is 0. The first kappa shape index (κ1) is 17.9. The molecule has 0 fully saturated rings. The number of hydrogen-bond donors (Lipinski definition) is 0. The van der Waals surface area contributed by atoms with Crippen LogP contribution in [0, 0.1) is 0 Å². The van der Waals surface area contributed by atoms with Gasteiger partial charge in [-0.05, 0) is 54.6 Å². The van der Waals surface area contributed by atoms with Gasteiger partial charge in [-0.15, -0.1) is 0 Å². The predicted octanol–water partition coefficient (Wildman–Crippen LogP) is 5.64. The van der Waals surface area contributed by atoms with Crippen LogP contribution >= 0.6 is 0 Å². The highest BCUT2D eigenvalue weighted by atomic mass is 32.2. The number of ether oxygens (including phenoxy) is 1. The van der Waals surface area contributed by atoms with Gasteiger partial charge in [-0.25, -0.2) is 8.42 Å². The van der Waals surface area contributed by atoms with Gasteiger partial charge in [-0.3, -0.25) is 4.79 Å². The first-order chi connectivity index (χ1) is 15.1. The average Bonchev–Trinajstić information content (AvgIpc) is 2.81. The SMILES string of the molecule is O=C1c2ccccc2S(=O)(=O)c2ccc(N3c4ccccc4Oc4ccccc43)cc21. The molecule has 5 nitrogen and oxygen atoms in total. The fourth-order valence-corrected chi connectivity index (χ4v) is 5.84. The molecule has 0 radical (unpaired) electrons. The third-order valence-corrected chi connectivity index (χ3v) is 7.48. The molecule has 0 aliphatic carbocycles. The molecule has 0 amide bonds. The number of hydrogen-bond acceptors (Lipinski definition) is 5. The van der Waals surface area contributed by atoms with Crippen molar-refractivity contribution < 1.29 is 17.9 Å². The van der Waals surface area contributed by atoms with E-state index in [4.69, 9.17) is 4.74 Å². The van der Waals surface area contributed by atoms with Gasteiger partial charge in [0.15, 0.2) is 17.3 Å². The molecule has 0 spiro atoms. The molecule has 0 unspecified atom stereocenters. The summed E-state index contributed by atoms with van der Waals surface area (Å²) in [6, 6.07) is 26.5. The first-order valence-corrected chi connectivity index (χ1v) is 11.2. The number of anilines is 3. The van der Waals surface area contributed by atoms with E-state index in [0.717, 1.165) is 11.4 Å². The molecule has 2 aliphatic rings. The van der Waals surface area contributed by atoms with Crippen molar-refractivity contribution in [3.05, 3.63) is 102 Å². The van der Waals surface area contributed by atoms with E-state index in [0.29, 0.717) is 17.2 Å². The normalized spacial score (nSPS) is 15.2. The van der Waals surface area contributed by atoms with Gasteiger partial charge in [0.2, 0.25) is 9.84 Å². The Morgan fingerprint density at radius 1 is 0.645 bits per heavy atom. The maximum Gasteiger partial charge on any atom is 0.208 e. The Balaban J connectivity index is 1.59. The predicted molar refractivity (Wildman–Crippen MR) is 117 cm³/mol. The maximum atomic E-state index is 13.2. The summed E-state index contributed by atoms with van der Waals surface area (Å²) in [5, 5.41) is 0. The second-order valence-corrected chi connectivity index (χ2v) is 9.27. The molecule has 6 rings (SSSR count). The summed E-state index contributed by atoms with van der Waals surface area (Å²) in [6.45, 7) is 0. The molecule has 31 heavy (non-hydrogen) atoms. The molecule has 0 atom stereocenters. The Labute approximate surface area is 179 Å². The minimum absolute atomic E-state index is 0.0368. The summed E-state index contributed by atoms with van der Waals surface area (Å²) >= 11 is 0. The van der Waals surface area contributed by atoms with Gasteiger partial charge in [0.05, 0.1) is 21.2 Å². The number of rotatable bonds is 1. The van der Waals surface area contributed by atoms with Crippen LogP contribution in [0.4, 0.5) is 17.1 Å². The monoisotopic (exact) mass is 425 g/mol. The fourth-order valence-electron chi connectivity index (χ4n) is 4.20. The van der Waals surface area contributed by atoms with Gasteiger partial charge < -0.3 is 9.64 Å². The Hall–Kier alpha value is -3.90. The Morgan fingerprint density at radius 2 is 1.23 bits per heavy atom. The molecular formula is C25H15NO4S. The van der Waals surface area contributed by atoms with Gasteiger partial charge in [0.25, 0.3) is 0 Å². The van der Waals surface area contributed by atoms with Crippen molar-refractivity contribution in [2.24, 2.45) is 0 Å². The van der Waals surface area contributed by atoms with Crippen molar-refractivity contribution in [2.75, 3.05) is 4.90 Å². The number of para-hydroxylation sites is 4. The van der Waals surface area contributed by atoms with Crippen molar-refractivity contribution in [3.63, 3.8) is 0 Å². The molecule has 0 saturated carbocycles. The largest absolute Gasteiger partial charge is 0.453 e. The van der Waals surface area contributed by atoms with Crippen LogP contribution in [0.2, 0.25) is 0 Å². The van der Waals surface area contributed by atoms with E-state index in [1.807, 2.05) is 53.4 Å². The second-order valence-electron chi connectivity index (χ2n) is 7.38. The van der Waals surface area contributed by atoms with Crippen LogP contribution in [0.15, 0.2) is 101 Å². The van der Waals surface area contributed by atoms with Gasteiger partial charge >= 0.3 is 0 Å². The Bertz CT molecular complexity index is 1460. The van der Waals surface area contributed by atoms with Crippen LogP contribution in [0.1, 0.15) is 15.9 Å². The second kappa shape index (κ2) is 6.30. The van der Waals surface area contributed by atoms with Crippen LogP contribution in [0.25, 0.3) is 0 Å².